The van der Waals surface area contributed by atoms with E-state index in [4.69, 9.17) is 10.7 Å². The van der Waals surface area contributed by atoms with Gasteiger partial charge in [-0.3, -0.25) is 4.79 Å². The Morgan fingerprint density at radius 1 is 1.00 bits per heavy atom. The van der Waals surface area contributed by atoms with Gasteiger partial charge in [0.05, 0.1) is 11.7 Å². The molecule has 0 spiro atoms. The summed E-state index contributed by atoms with van der Waals surface area (Å²) in [6.45, 7) is 6.06. The van der Waals surface area contributed by atoms with Gasteiger partial charge in [0.1, 0.15) is 5.82 Å². The molecule has 0 aliphatic heterocycles. The first-order chi connectivity index (χ1) is 17.5. The Labute approximate surface area is 222 Å². The SMILES string of the molecule is CC(C)[C@H](c1nc(-c2cccc(Br)c2)cn1Cc1ccccc1)N(CCCN)C(=O)c1ccccc1. The fraction of sp³-hybridized carbons (Fsp3) is 0.267. The number of carbonyl (C=O) groups excluding carboxylic acids is 1. The van der Waals surface area contributed by atoms with Gasteiger partial charge in [0.2, 0.25) is 0 Å². The molecule has 0 saturated carbocycles. The molecule has 0 unspecified atom stereocenters. The van der Waals surface area contributed by atoms with Gasteiger partial charge in [-0.05, 0) is 48.7 Å². The van der Waals surface area contributed by atoms with Gasteiger partial charge in [0.25, 0.3) is 5.91 Å². The first-order valence-electron chi connectivity index (χ1n) is 12.4. The van der Waals surface area contributed by atoms with Crippen LogP contribution in [-0.4, -0.2) is 33.4 Å². The van der Waals surface area contributed by atoms with Crippen LogP contribution in [0.2, 0.25) is 0 Å². The van der Waals surface area contributed by atoms with Crippen LogP contribution in [0.15, 0.2) is 95.6 Å². The minimum Gasteiger partial charge on any atom is -0.330 e. The molecule has 1 aromatic heterocycles. The van der Waals surface area contributed by atoms with Crippen LogP contribution in [0, 0.1) is 5.92 Å². The fourth-order valence-electron chi connectivity index (χ4n) is 4.53. The van der Waals surface area contributed by atoms with E-state index in [0.717, 1.165) is 28.0 Å². The predicted molar refractivity (Wildman–Crippen MR) is 150 cm³/mol. The number of aromatic nitrogens is 2. The van der Waals surface area contributed by atoms with Crippen LogP contribution in [-0.2, 0) is 6.54 Å². The number of halogens is 1. The Balaban J connectivity index is 1.83. The average Bonchev–Trinajstić information content (AvgIpc) is 3.30. The molecule has 2 N–H and O–H groups in total. The fourth-order valence-corrected chi connectivity index (χ4v) is 4.93. The molecule has 0 aliphatic rings. The summed E-state index contributed by atoms with van der Waals surface area (Å²) in [5, 5.41) is 0. The normalized spacial score (nSPS) is 12.0. The van der Waals surface area contributed by atoms with E-state index in [-0.39, 0.29) is 17.9 Å². The second-order valence-corrected chi connectivity index (χ2v) is 10.2. The highest BCUT2D eigenvalue weighted by Crippen LogP contribution is 2.33. The zero-order chi connectivity index (χ0) is 25.5. The summed E-state index contributed by atoms with van der Waals surface area (Å²) < 4.78 is 3.20. The molecule has 4 rings (SSSR count). The Bertz CT molecular complexity index is 1270. The second kappa shape index (κ2) is 12.2. The van der Waals surface area contributed by atoms with Crippen LogP contribution in [0.4, 0.5) is 0 Å². The molecule has 36 heavy (non-hydrogen) atoms. The van der Waals surface area contributed by atoms with Gasteiger partial charge >= 0.3 is 0 Å². The van der Waals surface area contributed by atoms with Crippen molar-refractivity contribution in [3.05, 3.63) is 113 Å². The first kappa shape index (κ1) is 25.9. The maximum Gasteiger partial charge on any atom is 0.254 e. The van der Waals surface area contributed by atoms with E-state index in [1.807, 2.05) is 65.6 Å². The van der Waals surface area contributed by atoms with E-state index in [0.29, 0.717) is 25.2 Å². The zero-order valence-electron chi connectivity index (χ0n) is 20.8. The highest BCUT2D eigenvalue weighted by atomic mass is 79.9. The van der Waals surface area contributed by atoms with Crippen LogP contribution in [0.1, 0.15) is 48.1 Å². The Hall–Kier alpha value is -3.22. The van der Waals surface area contributed by atoms with E-state index in [2.05, 4.69) is 64.8 Å². The summed E-state index contributed by atoms with van der Waals surface area (Å²) >= 11 is 3.59. The second-order valence-electron chi connectivity index (χ2n) is 9.30. The summed E-state index contributed by atoms with van der Waals surface area (Å²) in [6.07, 6.45) is 2.83. The van der Waals surface area contributed by atoms with E-state index in [1.54, 1.807) is 0 Å². The van der Waals surface area contributed by atoms with Gasteiger partial charge in [-0.15, -0.1) is 0 Å². The van der Waals surface area contributed by atoms with Gasteiger partial charge in [0.15, 0.2) is 0 Å². The number of nitrogens with zero attached hydrogens (tertiary/aromatic N) is 3. The third-order valence-corrected chi connectivity index (χ3v) is 6.73. The summed E-state index contributed by atoms with van der Waals surface area (Å²) in [7, 11) is 0. The molecule has 1 amide bonds. The van der Waals surface area contributed by atoms with Gasteiger partial charge in [-0.25, -0.2) is 4.98 Å². The molecule has 5 nitrogen and oxygen atoms in total. The van der Waals surface area contributed by atoms with Gasteiger partial charge in [-0.2, -0.15) is 0 Å². The van der Waals surface area contributed by atoms with Gasteiger partial charge < -0.3 is 15.2 Å². The van der Waals surface area contributed by atoms with Crippen molar-refractivity contribution in [2.45, 2.75) is 32.9 Å². The van der Waals surface area contributed by atoms with E-state index in [9.17, 15) is 4.79 Å². The third kappa shape index (κ3) is 6.12. The lowest BCUT2D eigenvalue weighted by Gasteiger charge is -2.34. The quantitative estimate of drug-likeness (QED) is 0.246. The highest BCUT2D eigenvalue weighted by Gasteiger charge is 2.32. The molecule has 4 aromatic rings. The van der Waals surface area contributed by atoms with Crippen LogP contribution in [0.3, 0.4) is 0 Å². The summed E-state index contributed by atoms with van der Waals surface area (Å²) in [5.74, 6) is 1.02. The van der Waals surface area contributed by atoms with Crippen molar-refractivity contribution in [3.63, 3.8) is 0 Å². The number of nitrogens with two attached hydrogens (primary N) is 1. The molecule has 186 valence electrons. The molecule has 0 radical (unpaired) electrons. The standard InChI is InChI=1S/C30H33BrN4O/c1-22(2)28(35(18-10-17-32)30(36)24-13-7-4-8-14-24)29-33-27(25-15-9-16-26(31)19-25)21-34(29)20-23-11-5-3-6-12-23/h3-9,11-16,19,21-22,28H,10,17-18,20,32H2,1-2H3/t28-/m1/s1. The molecular formula is C30H33BrN4O. The minimum atomic E-state index is -0.214. The molecule has 0 saturated heterocycles. The molecular weight excluding hydrogens is 512 g/mol. The van der Waals surface area contributed by atoms with Crippen molar-refractivity contribution in [2.24, 2.45) is 11.7 Å². The van der Waals surface area contributed by atoms with Crippen molar-refractivity contribution in [2.75, 3.05) is 13.1 Å². The lowest BCUT2D eigenvalue weighted by atomic mass is 9.99. The molecule has 0 bridgehead atoms. The largest absolute Gasteiger partial charge is 0.330 e. The molecule has 6 heteroatoms. The molecule has 1 heterocycles. The van der Waals surface area contributed by atoms with E-state index >= 15 is 0 Å². The molecule has 3 aromatic carbocycles. The average molecular weight is 546 g/mol. The minimum absolute atomic E-state index is 0.000941. The van der Waals surface area contributed by atoms with Crippen molar-refractivity contribution in [3.8, 4) is 11.3 Å². The third-order valence-electron chi connectivity index (χ3n) is 6.24. The van der Waals surface area contributed by atoms with Crippen LogP contribution >= 0.6 is 15.9 Å². The van der Waals surface area contributed by atoms with E-state index < -0.39 is 0 Å². The van der Waals surface area contributed by atoms with Crippen molar-refractivity contribution < 1.29 is 4.79 Å². The number of hydrogen-bond donors (Lipinski definition) is 1. The first-order valence-corrected chi connectivity index (χ1v) is 13.2. The predicted octanol–water partition coefficient (Wildman–Crippen LogP) is 6.55. The monoisotopic (exact) mass is 544 g/mol. The summed E-state index contributed by atoms with van der Waals surface area (Å²) in [4.78, 5) is 20.9. The Morgan fingerprint density at radius 2 is 1.69 bits per heavy atom. The molecule has 1 atom stereocenters. The highest BCUT2D eigenvalue weighted by molar-refractivity contribution is 9.10. The number of hydrogen-bond acceptors (Lipinski definition) is 3. The topological polar surface area (TPSA) is 64.2 Å². The van der Waals surface area contributed by atoms with Crippen LogP contribution in [0.25, 0.3) is 11.3 Å². The van der Waals surface area contributed by atoms with Crippen LogP contribution in [0.5, 0.6) is 0 Å². The summed E-state index contributed by atoms with van der Waals surface area (Å²) in [5.41, 5.74) is 9.67. The molecule has 0 fully saturated rings. The number of amides is 1. The number of imidazole rings is 1. The van der Waals surface area contributed by atoms with Crippen molar-refractivity contribution in [1.29, 1.82) is 0 Å². The van der Waals surface area contributed by atoms with E-state index in [1.165, 1.54) is 5.56 Å². The lowest BCUT2D eigenvalue weighted by molar-refractivity contribution is 0.0604. The summed E-state index contributed by atoms with van der Waals surface area (Å²) in [6, 6.07) is 27.8. The maximum atomic E-state index is 13.8. The smallest absolute Gasteiger partial charge is 0.254 e. The Morgan fingerprint density at radius 3 is 2.33 bits per heavy atom. The van der Waals surface area contributed by atoms with Crippen molar-refractivity contribution >= 4 is 21.8 Å². The number of carbonyl (C=O) groups is 1. The van der Waals surface area contributed by atoms with Gasteiger partial charge in [-0.1, -0.05) is 90.4 Å². The van der Waals surface area contributed by atoms with Crippen LogP contribution < -0.4 is 5.73 Å². The zero-order valence-corrected chi connectivity index (χ0v) is 22.4. The maximum absolute atomic E-state index is 13.8. The molecule has 0 aliphatic carbocycles. The lowest BCUT2D eigenvalue weighted by Crippen LogP contribution is -2.40. The van der Waals surface area contributed by atoms with Gasteiger partial charge in [0, 0.05) is 34.9 Å². The van der Waals surface area contributed by atoms with Crippen molar-refractivity contribution in [1.82, 2.24) is 14.5 Å². The Kier molecular flexibility index (Phi) is 8.73. The number of rotatable bonds is 10. The number of benzene rings is 3.